The van der Waals surface area contributed by atoms with Gasteiger partial charge in [0, 0.05) is 20.1 Å². The summed E-state index contributed by atoms with van der Waals surface area (Å²) in [5.41, 5.74) is 2.10. The second-order valence-electron chi connectivity index (χ2n) is 4.88. The number of benzene rings is 1. The second kappa shape index (κ2) is 6.41. The van der Waals surface area contributed by atoms with Crippen molar-refractivity contribution in [1.82, 2.24) is 4.90 Å². The molecule has 1 fully saturated rings. The lowest BCUT2D eigenvalue weighted by molar-refractivity contribution is 0.00214. The summed E-state index contributed by atoms with van der Waals surface area (Å²) in [6.07, 6.45) is 2.64. The van der Waals surface area contributed by atoms with Crippen LogP contribution in [0.2, 0.25) is 5.02 Å². The predicted molar refractivity (Wildman–Crippen MR) is 76.3 cm³/mol. The van der Waals surface area contributed by atoms with Crippen LogP contribution in [-0.2, 0) is 11.3 Å². The molecule has 1 aromatic carbocycles. The summed E-state index contributed by atoms with van der Waals surface area (Å²) in [6.45, 7) is 2.91. The topological polar surface area (TPSA) is 24.5 Å². The predicted octanol–water partition coefficient (Wildman–Crippen LogP) is 2.99. The van der Waals surface area contributed by atoms with E-state index >= 15 is 0 Å². The van der Waals surface area contributed by atoms with Crippen LogP contribution in [0.25, 0.3) is 0 Å². The van der Waals surface area contributed by atoms with Gasteiger partial charge in [-0.15, -0.1) is 0 Å². The summed E-state index contributed by atoms with van der Waals surface area (Å²) >= 11 is 6.15. The molecular formula is C14H21ClN2O. The summed E-state index contributed by atoms with van der Waals surface area (Å²) in [4.78, 5) is 2.35. The molecular weight excluding hydrogens is 248 g/mol. The highest BCUT2D eigenvalue weighted by atomic mass is 35.5. The lowest BCUT2D eigenvalue weighted by Crippen LogP contribution is -2.34. The zero-order valence-corrected chi connectivity index (χ0v) is 11.8. The second-order valence-corrected chi connectivity index (χ2v) is 5.29. The van der Waals surface area contributed by atoms with Crippen molar-refractivity contribution in [2.45, 2.75) is 25.6 Å². The minimum Gasteiger partial charge on any atom is -0.387 e. The lowest BCUT2D eigenvalue weighted by Gasteiger charge is -2.28. The van der Waals surface area contributed by atoms with Gasteiger partial charge < -0.3 is 15.0 Å². The van der Waals surface area contributed by atoms with E-state index in [1.807, 2.05) is 19.2 Å². The summed E-state index contributed by atoms with van der Waals surface area (Å²) in [5.74, 6) is 0. The molecule has 0 saturated carbocycles. The largest absolute Gasteiger partial charge is 0.387 e. The van der Waals surface area contributed by atoms with Gasteiger partial charge in [0.05, 0.1) is 23.4 Å². The van der Waals surface area contributed by atoms with E-state index in [1.165, 1.54) is 0 Å². The fraction of sp³-hybridized carbons (Fsp3) is 0.571. The molecule has 1 heterocycles. The molecule has 1 aliphatic heterocycles. The van der Waals surface area contributed by atoms with Crippen LogP contribution in [0.3, 0.4) is 0 Å². The van der Waals surface area contributed by atoms with E-state index in [4.69, 9.17) is 16.3 Å². The van der Waals surface area contributed by atoms with Crippen LogP contribution in [0.1, 0.15) is 18.4 Å². The highest BCUT2D eigenvalue weighted by Crippen LogP contribution is 2.23. The van der Waals surface area contributed by atoms with Gasteiger partial charge in [-0.25, -0.2) is 0 Å². The van der Waals surface area contributed by atoms with Gasteiger partial charge in [0.25, 0.3) is 0 Å². The van der Waals surface area contributed by atoms with Crippen LogP contribution >= 0.6 is 11.6 Å². The molecule has 0 aromatic heterocycles. The Morgan fingerprint density at radius 3 is 2.72 bits per heavy atom. The van der Waals surface area contributed by atoms with Crippen molar-refractivity contribution in [2.24, 2.45) is 0 Å². The SMILES string of the molecule is CNc1ccc(COC2CCN(C)CC2)cc1Cl. The Hall–Kier alpha value is -0.770. The minimum absolute atomic E-state index is 0.393. The van der Waals surface area contributed by atoms with Crippen LogP contribution in [0, 0.1) is 0 Å². The number of likely N-dealkylation sites (tertiary alicyclic amines) is 1. The maximum atomic E-state index is 6.15. The Morgan fingerprint density at radius 2 is 2.11 bits per heavy atom. The Kier molecular flexibility index (Phi) is 4.87. The maximum absolute atomic E-state index is 6.15. The zero-order valence-electron chi connectivity index (χ0n) is 11.1. The van der Waals surface area contributed by atoms with Gasteiger partial charge in [0.15, 0.2) is 0 Å². The summed E-state index contributed by atoms with van der Waals surface area (Å²) in [7, 11) is 4.03. The highest BCUT2D eigenvalue weighted by molar-refractivity contribution is 6.33. The molecule has 1 aliphatic rings. The molecule has 4 heteroatoms. The molecule has 1 N–H and O–H groups in total. The van der Waals surface area contributed by atoms with Crippen molar-refractivity contribution in [3.63, 3.8) is 0 Å². The molecule has 1 aromatic rings. The van der Waals surface area contributed by atoms with Crippen molar-refractivity contribution >= 4 is 17.3 Å². The third kappa shape index (κ3) is 3.61. The van der Waals surface area contributed by atoms with E-state index in [2.05, 4.69) is 23.3 Å². The monoisotopic (exact) mass is 268 g/mol. The van der Waals surface area contributed by atoms with E-state index in [0.29, 0.717) is 12.7 Å². The van der Waals surface area contributed by atoms with Crippen molar-refractivity contribution in [3.8, 4) is 0 Å². The Morgan fingerprint density at radius 1 is 1.39 bits per heavy atom. The smallest absolute Gasteiger partial charge is 0.0721 e. The first-order valence-corrected chi connectivity index (χ1v) is 6.83. The van der Waals surface area contributed by atoms with Crippen LogP contribution in [0.5, 0.6) is 0 Å². The zero-order chi connectivity index (χ0) is 13.0. The fourth-order valence-electron chi connectivity index (χ4n) is 2.22. The number of anilines is 1. The van der Waals surface area contributed by atoms with Crippen molar-refractivity contribution < 1.29 is 4.74 Å². The van der Waals surface area contributed by atoms with E-state index in [1.54, 1.807) is 0 Å². The normalized spacial score (nSPS) is 17.9. The van der Waals surface area contributed by atoms with Gasteiger partial charge >= 0.3 is 0 Å². The molecule has 0 bridgehead atoms. The Labute approximate surface area is 114 Å². The first kappa shape index (κ1) is 13.7. The van der Waals surface area contributed by atoms with Crippen LogP contribution in [-0.4, -0.2) is 38.2 Å². The fourth-order valence-corrected chi connectivity index (χ4v) is 2.51. The third-order valence-electron chi connectivity index (χ3n) is 3.45. The van der Waals surface area contributed by atoms with Crippen LogP contribution in [0.4, 0.5) is 5.69 Å². The number of rotatable bonds is 4. The number of ether oxygens (including phenoxy) is 1. The van der Waals surface area contributed by atoms with Gasteiger partial charge in [-0.05, 0) is 37.6 Å². The average molecular weight is 269 g/mol. The molecule has 2 rings (SSSR count). The number of nitrogens with zero attached hydrogens (tertiary/aromatic N) is 1. The number of halogens is 1. The first-order valence-electron chi connectivity index (χ1n) is 6.45. The molecule has 0 amide bonds. The summed E-state index contributed by atoms with van der Waals surface area (Å²) < 4.78 is 5.94. The highest BCUT2D eigenvalue weighted by Gasteiger charge is 2.16. The Bertz CT molecular complexity index is 389. The average Bonchev–Trinajstić information content (AvgIpc) is 2.38. The number of piperidine rings is 1. The third-order valence-corrected chi connectivity index (χ3v) is 3.77. The number of hydrogen-bond donors (Lipinski definition) is 1. The molecule has 3 nitrogen and oxygen atoms in total. The summed E-state index contributed by atoms with van der Waals surface area (Å²) in [6, 6.07) is 6.03. The molecule has 0 unspecified atom stereocenters. The number of hydrogen-bond acceptors (Lipinski definition) is 3. The molecule has 0 aliphatic carbocycles. The van der Waals surface area contributed by atoms with Crippen LogP contribution in [0.15, 0.2) is 18.2 Å². The molecule has 0 spiro atoms. The molecule has 1 saturated heterocycles. The van der Waals surface area contributed by atoms with E-state index < -0.39 is 0 Å². The lowest BCUT2D eigenvalue weighted by atomic mass is 10.1. The van der Waals surface area contributed by atoms with E-state index in [-0.39, 0.29) is 0 Å². The standard InChI is InChI=1S/C14H21ClN2O/c1-16-14-4-3-11(9-13(14)15)10-18-12-5-7-17(2)8-6-12/h3-4,9,12,16H,5-8,10H2,1-2H3. The van der Waals surface area contributed by atoms with Gasteiger partial charge in [0.1, 0.15) is 0 Å². The van der Waals surface area contributed by atoms with Crippen molar-refractivity contribution in [1.29, 1.82) is 0 Å². The van der Waals surface area contributed by atoms with E-state index in [9.17, 15) is 0 Å². The van der Waals surface area contributed by atoms with Crippen LogP contribution < -0.4 is 5.32 Å². The van der Waals surface area contributed by atoms with Crippen molar-refractivity contribution in [2.75, 3.05) is 32.5 Å². The van der Waals surface area contributed by atoms with Gasteiger partial charge in [0.2, 0.25) is 0 Å². The Balaban J connectivity index is 1.84. The van der Waals surface area contributed by atoms with Crippen molar-refractivity contribution in [3.05, 3.63) is 28.8 Å². The first-order chi connectivity index (χ1) is 8.69. The van der Waals surface area contributed by atoms with Gasteiger partial charge in [-0.1, -0.05) is 17.7 Å². The molecule has 0 atom stereocenters. The maximum Gasteiger partial charge on any atom is 0.0721 e. The minimum atomic E-state index is 0.393. The quantitative estimate of drug-likeness (QED) is 0.909. The van der Waals surface area contributed by atoms with Gasteiger partial charge in [-0.2, -0.15) is 0 Å². The molecule has 18 heavy (non-hydrogen) atoms. The summed E-state index contributed by atoms with van der Waals surface area (Å²) in [5, 5.41) is 3.81. The molecule has 100 valence electrons. The van der Waals surface area contributed by atoms with E-state index in [0.717, 1.165) is 42.2 Å². The molecule has 0 radical (unpaired) electrons. The number of nitrogens with one attached hydrogen (secondary N) is 1. The van der Waals surface area contributed by atoms with Gasteiger partial charge in [-0.3, -0.25) is 0 Å².